The summed E-state index contributed by atoms with van der Waals surface area (Å²) in [6.45, 7) is 6.83. The van der Waals surface area contributed by atoms with Crippen molar-refractivity contribution in [1.82, 2.24) is 9.80 Å². The van der Waals surface area contributed by atoms with Crippen molar-refractivity contribution in [1.29, 1.82) is 0 Å². The first-order chi connectivity index (χ1) is 12.9. The topological polar surface area (TPSA) is 52.7 Å². The molecule has 1 N–H and O–H groups in total. The van der Waals surface area contributed by atoms with Crippen molar-refractivity contribution in [3.05, 3.63) is 64.2 Å². The van der Waals surface area contributed by atoms with E-state index in [1.54, 1.807) is 17.0 Å². The predicted octanol–water partition coefficient (Wildman–Crippen LogP) is 3.35. The average Bonchev–Trinajstić information content (AvgIpc) is 2.64. The summed E-state index contributed by atoms with van der Waals surface area (Å²) in [5.41, 5.74) is 3.60. The van der Waals surface area contributed by atoms with Gasteiger partial charge in [0.15, 0.2) is 0 Å². The number of carbonyl (C=O) groups is 2. The minimum atomic E-state index is -0.0556. The summed E-state index contributed by atoms with van der Waals surface area (Å²) in [5, 5.41) is 3.44. The molecule has 0 radical (unpaired) electrons. The lowest BCUT2D eigenvalue weighted by molar-refractivity contribution is -0.117. The Kier molecular flexibility index (Phi) is 6.14. The van der Waals surface area contributed by atoms with Crippen LogP contribution in [-0.2, 0) is 4.79 Å². The van der Waals surface area contributed by atoms with Gasteiger partial charge in [-0.2, -0.15) is 0 Å². The van der Waals surface area contributed by atoms with Crippen molar-refractivity contribution in [2.45, 2.75) is 13.8 Å². The van der Waals surface area contributed by atoms with Crippen LogP contribution in [0.3, 0.4) is 0 Å². The number of carbonyl (C=O) groups excluding carboxylic acids is 2. The van der Waals surface area contributed by atoms with Gasteiger partial charge < -0.3 is 10.2 Å². The maximum atomic E-state index is 12.6. The fourth-order valence-electron chi connectivity index (χ4n) is 3.26. The Bertz CT molecular complexity index is 845. The molecule has 2 aromatic rings. The molecule has 0 unspecified atom stereocenters. The van der Waals surface area contributed by atoms with Gasteiger partial charge in [0, 0.05) is 31.9 Å². The van der Waals surface area contributed by atoms with Crippen LogP contribution in [0.2, 0.25) is 5.02 Å². The van der Waals surface area contributed by atoms with Crippen LogP contribution in [0.15, 0.2) is 42.5 Å². The van der Waals surface area contributed by atoms with Gasteiger partial charge in [-0.25, -0.2) is 0 Å². The number of hydrogen-bond donors (Lipinski definition) is 1. The first-order valence-electron chi connectivity index (χ1n) is 9.07. The third-order valence-electron chi connectivity index (χ3n) is 4.79. The van der Waals surface area contributed by atoms with Gasteiger partial charge in [0.1, 0.15) is 0 Å². The van der Waals surface area contributed by atoms with Gasteiger partial charge in [0.2, 0.25) is 5.91 Å². The molecule has 0 aromatic heterocycles. The molecule has 1 aliphatic rings. The molecule has 6 heteroatoms. The molecule has 1 fully saturated rings. The number of piperazine rings is 1. The third-order valence-corrected chi connectivity index (χ3v) is 5.12. The number of anilines is 1. The zero-order valence-corrected chi connectivity index (χ0v) is 16.4. The van der Waals surface area contributed by atoms with Gasteiger partial charge in [-0.3, -0.25) is 14.5 Å². The largest absolute Gasteiger partial charge is 0.336 e. The van der Waals surface area contributed by atoms with E-state index in [1.165, 1.54) is 5.56 Å². The minimum Gasteiger partial charge on any atom is -0.336 e. The van der Waals surface area contributed by atoms with Gasteiger partial charge in [-0.05, 0) is 37.6 Å². The number of amides is 2. The standard InChI is InChI=1S/C21H24ClN3O2/c1-15-7-8-19(16(2)13-15)23-20(26)14-24-9-11-25(12-10-24)21(27)17-5-3-4-6-18(17)22/h3-8,13H,9-12,14H2,1-2H3,(H,23,26). The van der Waals surface area contributed by atoms with E-state index in [-0.39, 0.29) is 11.8 Å². The number of benzene rings is 2. The lowest BCUT2D eigenvalue weighted by Crippen LogP contribution is -2.50. The Morgan fingerprint density at radius 2 is 1.74 bits per heavy atom. The van der Waals surface area contributed by atoms with Gasteiger partial charge in [0.05, 0.1) is 17.1 Å². The van der Waals surface area contributed by atoms with Crippen LogP contribution in [0.25, 0.3) is 0 Å². The molecule has 2 aromatic carbocycles. The average molecular weight is 386 g/mol. The molecule has 1 heterocycles. The van der Waals surface area contributed by atoms with Crippen molar-refractivity contribution in [3.8, 4) is 0 Å². The fourth-order valence-corrected chi connectivity index (χ4v) is 3.48. The SMILES string of the molecule is Cc1ccc(NC(=O)CN2CCN(C(=O)c3ccccc3Cl)CC2)c(C)c1. The Morgan fingerprint density at radius 1 is 1.04 bits per heavy atom. The maximum Gasteiger partial charge on any atom is 0.255 e. The van der Waals surface area contributed by atoms with Crippen LogP contribution in [0.1, 0.15) is 21.5 Å². The first-order valence-corrected chi connectivity index (χ1v) is 9.45. The summed E-state index contributed by atoms with van der Waals surface area (Å²) in [7, 11) is 0. The second kappa shape index (κ2) is 8.55. The molecule has 0 atom stereocenters. The van der Waals surface area contributed by atoms with Crippen molar-refractivity contribution in [2.75, 3.05) is 38.0 Å². The third kappa shape index (κ3) is 4.87. The molecule has 0 spiro atoms. The van der Waals surface area contributed by atoms with Gasteiger partial charge in [0.25, 0.3) is 5.91 Å². The summed E-state index contributed by atoms with van der Waals surface area (Å²) in [6, 6.07) is 13.1. The number of hydrogen-bond acceptors (Lipinski definition) is 3. The zero-order valence-electron chi connectivity index (χ0n) is 15.7. The van der Waals surface area contributed by atoms with E-state index in [0.717, 1.165) is 11.3 Å². The van der Waals surface area contributed by atoms with E-state index < -0.39 is 0 Å². The van der Waals surface area contributed by atoms with Crippen LogP contribution in [0.5, 0.6) is 0 Å². The molecule has 0 saturated carbocycles. The molecule has 27 heavy (non-hydrogen) atoms. The van der Waals surface area contributed by atoms with Crippen molar-refractivity contribution in [2.24, 2.45) is 0 Å². The van der Waals surface area contributed by atoms with Crippen LogP contribution in [-0.4, -0.2) is 54.3 Å². The summed E-state index contributed by atoms with van der Waals surface area (Å²) in [5.74, 6) is -0.0900. The van der Waals surface area contributed by atoms with E-state index in [9.17, 15) is 9.59 Å². The zero-order chi connectivity index (χ0) is 19.4. The number of rotatable bonds is 4. The molecule has 5 nitrogen and oxygen atoms in total. The highest BCUT2D eigenvalue weighted by Gasteiger charge is 2.24. The van der Waals surface area contributed by atoms with Gasteiger partial charge >= 0.3 is 0 Å². The number of nitrogens with zero attached hydrogens (tertiary/aromatic N) is 2. The van der Waals surface area contributed by atoms with E-state index in [4.69, 9.17) is 11.6 Å². The molecular formula is C21H24ClN3O2. The van der Waals surface area contributed by atoms with E-state index >= 15 is 0 Å². The Morgan fingerprint density at radius 3 is 2.41 bits per heavy atom. The molecule has 3 rings (SSSR count). The monoisotopic (exact) mass is 385 g/mol. The second-order valence-electron chi connectivity index (χ2n) is 6.91. The molecule has 1 aliphatic heterocycles. The van der Waals surface area contributed by atoms with Gasteiger partial charge in [-0.15, -0.1) is 0 Å². The second-order valence-corrected chi connectivity index (χ2v) is 7.32. The van der Waals surface area contributed by atoms with Gasteiger partial charge in [-0.1, -0.05) is 41.4 Å². The van der Waals surface area contributed by atoms with Crippen molar-refractivity contribution >= 4 is 29.1 Å². The first kappa shape index (κ1) is 19.4. The van der Waals surface area contributed by atoms with Crippen LogP contribution >= 0.6 is 11.6 Å². The molecule has 0 bridgehead atoms. The Balaban J connectivity index is 1.51. The smallest absolute Gasteiger partial charge is 0.255 e. The number of halogens is 1. The van der Waals surface area contributed by atoms with Crippen molar-refractivity contribution in [3.63, 3.8) is 0 Å². The molecule has 0 aliphatic carbocycles. The van der Waals surface area contributed by atoms with Crippen molar-refractivity contribution < 1.29 is 9.59 Å². The Labute approximate surface area is 164 Å². The maximum absolute atomic E-state index is 12.6. The minimum absolute atomic E-state index is 0.0344. The highest BCUT2D eigenvalue weighted by atomic mass is 35.5. The quantitative estimate of drug-likeness (QED) is 0.878. The lowest BCUT2D eigenvalue weighted by atomic mass is 10.1. The summed E-state index contributed by atoms with van der Waals surface area (Å²) in [6.07, 6.45) is 0. The van der Waals surface area contributed by atoms with Crippen LogP contribution < -0.4 is 5.32 Å². The highest BCUT2D eigenvalue weighted by molar-refractivity contribution is 6.33. The lowest BCUT2D eigenvalue weighted by Gasteiger charge is -2.34. The summed E-state index contributed by atoms with van der Waals surface area (Å²) >= 11 is 6.12. The summed E-state index contributed by atoms with van der Waals surface area (Å²) in [4.78, 5) is 28.8. The molecule has 1 saturated heterocycles. The molecule has 2 amide bonds. The summed E-state index contributed by atoms with van der Waals surface area (Å²) < 4.78 is 0. The normalized spacial score (nSPS) is 14.9. The highest BCUT2D eigenvalue weighted by Crippen LogP contribution is 2.18. The molecular weight excluding hydrogens is 362 g/mol. The van der Waals surface area contributed by atoms with Crippen LogP contribution in [0.4, 0.5) is 5.69 Å². The van der Waals surface area contributed by atoms with E-state index in [0.29, 0.717) is 43.3 Å². The number of nitrogens with one attached hydrogen (secondary N) is 1. The number of aryl methyl sites for hydroxylation is 2. The van der Waals surface area contributed by atoms with Crippen LogP contribution in [0, 0.1) is 13.8 Å². The van der Waals surface area contributed by atoms with E-state index in [1.807, 2.05) is 38.1 Å². The fraction of sp³-hybridized carbons (Fsp3) is 0.333. The Hall–Kier alpha value is -2.37. The predicted molar refractivity (Wildman–Crippen MR) is 108 cm³/mol. The van der Waals surface area contributed by atoms with E-state index in [2.05, 4.69) is 16.3 Å². The molecule has 142 valence electrons.